The average Bonchev–Trinajstić information content (AvgIpc) is 2.35. The third kappa shape index (κ3) is 2.27. The number of hydrogen-bond donors (Lipinski definition) is 0. The van der Waals surface area contributed by atoms with Crippen LogP contribution >= 0.6 is 0 Å². The number of benzene rings is 1. The predicted octanol–water partition coefficient (Wildman–Crippen LogP) is 3.04. The first-order valence-corrected chi connectivity index (χ1v) is 4.98. The van der Waals surface area contributed by atoms with Gasteiger partial charge in [-0.15, -0.1) is 0 Å². The Bertz CT molecular complexity index is 608. The number of hydrogen-bond acceptors (Lipinski definition) is 3. The normalized spacial score (nSPS) is 11.6. The second kappa shape index (κ2) is 4.29. The number of rotatable bonds is 1. The summed E-state index contributed by atoms with van der Waals surface area (Å²) in [5.74, 6) is -0.686. The predicted molar refractivity (Wildman–Crippen MR) is 58.1 cm³/mol. The quantitative estimate of drug-likeness (QED) is 0.735. The minimum atomic E-state index is -4.43. The van der Waals surface area contributed by atoms with Gasteiger partial charge in [-0.25, -0.2) is 9.78 Å². The number of methoxy groups -OCH3 is 1. The standard InChI is InChI=1S/C12H8F3NO2/c1-18-11(17)9-5-3-7-2-4-8(12(13,14)15)6-10(7)16-9/h2-6H,1H3. The Morgan fingerprint density at radius 2 is 1.89 bits per heavy atom. The van der Waals surface area contributed by atoms with Crippen LogP contribution in [0.25, 0.3) is 10.9 Å². The molecule has 0 bridgehead atoms. The SMILES string of the molecule is COC(=O)c1ccc2ccc(C(F)(F)F)cc2n1. The number of alkyl halides is 3. The van der Waals surface area contributed by atoms with Crippen molar-refractivity contribution in [3.63, 3.8) is 0 Å². The van der Waals surface area contributed by atoms with Crippen LogP contribution in [0, 0.1) is 0 Å². The molecule has 0 amide bonds. The van der Waals surface area contributed by atoms with E-state index in [2.05, 4.69) is 9.72 Å². The first-order chi connectivity index (χ1) is 8.41. The van der Waals surface area contributed by atoms with Gasteiger partial charge in [0.05, 0.1) is 18.2 Å². The van der Waals surface area contributed by atoms with Crippen LogP contribution in [0.3, 0.4) is 0 Å². The third-order valence-corrected chi connectivity index (χ3v) is 2.41. The van der Waals surface area contributed by atoms with E-state index in [4.69, 9.17) is 0 Å². The lowest BCUT2D eigenvalue weighted by Crippen LogP contribution is -2.06. The number of ether oxygens (including phenoxy) is 1. The van der Waals surface area contributed by atoms with E-state index >= 15 is 0 Å². The lowest BCUT2D eigenvalue weighted by molar-refractivity contribution is -0.137. The Morgan fingerprint density at radius 1 is 1.22 bits per heavy atom. The van der Waals surface area contributed by atoms with Crippen LogP contribution in [0.2, 0.25) is 0 Å². The van der Waals surface area contributed by atoms with Crippen LogP contribution in [0.5, 0.6) is 0 Å². The molecule has 1 heterocycles. The number of nitrogens with zero attached hydrogens (tertiary/aromatic N) is 1. The van der Waals surface area contributed by atoms with Crippen LogP contribution in [0.4, 0.5) is 13.2 Å². The van der Waals surface area contributed by atoms with Gasteiger partial charge in [-0.2, -0.15) is 13.2 Å². The molecule has 94 valence electrons. The van der Waals surface area contributed by atoms with Crippen molar-refractivity contribution in [1.29, 1.82) is 0 Å². The van der Waals surface area contributed by atoms with Crippen LogP contribution in [0.15, 0.2) is 30.3 Å². The van der Waals surface area contributed by atoms with E-state index in [1.54, 1.807) is 0 Å². The maximum atomic E-state index is 12.5. The van der Waals surface area contributed by atoms with Gasteiger partial charge < -0.3 is 4.74 Å². The highest BCUT2D eigenvalue weighted by molar-refractivity contribution is 5.91. The van der Waals surface area contributed by atoms with Crippen molar-refractivity contribution < 1.29 is 22.7 Å². The molecule has 0 saturated heterocycles. The summed E-state index contributed by atoms with van der Waals surface area (Å²) in [4.78, 5) is 15.1. The zero-order valence-electron chi connectivity index (χ0n) is 9.28. The first kappa shape index (κ1) is 12.3. The van der Waals surface area contributed by atoms with Crippen molar-refractivity contribution in [2.75, 3.05) is 7.11 Å². The van der Waals surface area contributed by atoms with Gasteiger partial charge in [-0.05, 0) is 18.2 Å². The summed E-state index contributed by atoms with van der Waals surface area (Å²) < 4.78 is 42.0. The number of carbonyl (C=O) groups is 1. The fourth-order valence-electron chi connectivity index (χ4n) is 1.51. The second-order valence-corrected chi connectivity index (χ2v) is 3.59. The Morgan fingerprint density at radius 3 is 2.50 bits per heavy atom. The molecule has 1 aromatic carbocycles. The van der Waals surface area contributed by atoms with E-state index in [0.717, 1.165) is 12.1 Å². The molecule has 0 aliphatic heterocycles. The number of halogens is 3. The molecule has 1 aromatic heterocycles. The van der Waals surface area contributed by atoms with Crippen molar-refractivity contribution >= 4 is 16.9 Å². The van der Waals surface area contributed by atoms with Crippen molar-refractivity contribution in [3.05, 3.63) is 41.6 Å². The van der Waals surface area contributed by atoms with Crippen molar-refractivity contribution in [2.24, 2.45) is 0 Å². The third-order valence-electron chi connectivity index (χ3n) is 2.41. The van der Waals surface area contributed by atoms with Crippen LogP contribution in [-0.2, 0) is 10.9 Å². The van der Waals surface area contributed by atoms with E-state index in [1.807, 2.05) is 0 Å². The summed E-state index contributed by atoms with van der Waals surface area (Å²) in [5.41, 5.74) is -0.721. The summed E-state index contributed by atoms with van der Waals surface area (Å²) >= 11 is 0. The molecule has 0 spiro atoms. The minimum absolute atomic E-state index is 0.0238. The van der Waals surface area contributed by atoms with Crippen LogP contribution in [0.1, 0.15) is 16.1 Å². The molecule has 0 N–H and O–H groups in total. The lowest BCUT2D eigenvalue weighted by atomic mass is 10.1. The van der Waals surface area contributed by atoms with E-state index in [-0.39, 0.29) is 11.2 Å². The molecular formula is C12H8F3NO2. The van der Waals surface area contributed by atoms with E-state index in [0.29, 0.717) is 5.39 Å². The molecule has 3 nitrogen and oxygen atoms in total. The molecule has 18 heavy (non-hydrogen) atoms. The largest absolute Gasteiger partial charge is 0.464 e. The topological polar surface area (TPSA) is 39.2 Å². The fourth-order valence-corrected chi connectivity index (χ4v) is 1.51. The number of pyridine rings is 1. The number of esters is 1. The monoisotopic (exact) mass is 255 g/mol. The number of aromatic nitrogens is 1. The van der Waals surface area contributed by atoms with Gasteiger partial charge >= 0.3 is 12.1 Å². The summed E-state index contributed by atoms with van der Waals surface area (Å²) in [7, 11) is 1.18. The highest BCUT2D eigenvalue weighted by atomic mass is 19.4. The smallest absolute Gasteiger partial charge is 0.416 e. The minimum Gasteiger partial charge on any atom is -0.464 e. The van der Waals surface area contributed by atoms with Gasteiger partial charge in [0, 0.05) is 5.39 Å². The lowest BCUT2D eigenvalue weighted by Gasteiger charge is -2.07. The van der Waals surface area contributed by atoms with E-state index in [9.17, 15) is 18.0 Å². The summed E-state index contributed by atoms with van der Waals surface area (Å²) in [5, 5.41) is 0.524. The molecule has 2 aromatic rings. The van der Waals surface area contributed by atoms with E-state index < -0.39 is 17.7 Å². The average molecular weight is 255 g/mol. The fraction of sp³-hybridized carbons (Fsp3) is 0.167. The zero-order valence-corrected chi connectivity index (χ0v) is 9.28. The van der Waals surface area contributed by atoms with Gasteiger partial charge in [0.2, 0.25) is 0 Å². The Hall–Kier alpha value is -2.11. The molecule has 0 saturated carbocycles. The molecule has 0 atom stereocenters. The molecule has 2 rings (SSSR count). The summed E-state index contributed by atoms with van der Waals surface area (Å²) in [6.45, 7) is 0. The molecule has 0 unspecified atom stereocenters. The van der Waals surface area contributed by atoms with Crippen LogP contribution < -0.4 is 0 Å². The van der Waals surface area contributed by atoms with Gasteiger partial charge in [-0.1, -0.05) is 12.1 Å². The second-order valence-electron chi connectivity index (χ2n) is 3.59. The first-order valence-electron chi connectivity index (χ1n) is 4.98. The van der Waals surface area contributed by atoms with E-state index in [1.165, 1.54) is 25.3 Å². The molecule has 0 aliphatic carbocycles. The number of carbonyl (C=O) groups excluding carboxylic acids is 1. The maximum Gasteiger partial charge on any atom is 0.416 e. The highest BCUT2D eigenvalue weighted by Gasteiger charge is 2.30. The zero-order chi connectivity index (χ0) is 13.3. The Balaban J connectivity index is 2.57. The van der Waals surface area contributed by atoms with Gasteiger partial charge in [0.25, 0.3) is 0 Å². The van der Waals surface area contributed by atoms with Crippen LogP contribution in [-0.4, -0.2) is 18.1 Å². The molecule has 6 heteroatoms. The molecule has 0 radical (unpaired) electrons. The highest BCUT2D eigenvalue weighted by Crippen LogP contribution is 2.30. The molecular weight excluding hydrogens is 247 g/mol. The van der Waals surface area contributed by atoms with Gasteiger partial charge in [0.1, 0.15) is 5.69 Å². The Kier molecular flexibility index (Phi) is 2.94. The molecule has 0 fully saturated rings. The summed E-state index contributed by atoms with van der Waals surface area (Å²) in [6.07, 6.45) is -4.43. The van der Waals surface area contributed by atoms with Crippen molar-refractivity contribution in [2.45, 2.75) is 6.18 Å². The maximum absolute atomic E-state index is 12.5. The van der Waals surface area contributed by atoms with Gasteiger partial charge in [0.15, 0.2) is 0 Å². The number of fused-ring (bicyclic) bond motifs is 1. The van der Waals surface area contributed by atoms with Crippen molar-refractivity contribution in [1.82, 2.24) is 4.98 Å². The molecule has 0 aliphatic rings. The van der Waals surface area contributed by atoms with Gasteiger partial charge in [-0.3, -0.25) is 0 Å². The summed E-state index contributed by atoms with van der Waals surface area (Å²) in [6, 6.07) is 6.12. The Labute approximate surface area is 100 Å². The van der Waals surface area contributed by atoms with Crippen molar-refractivity contribution in [3.8, 4) is 0 Å².